The molecule has 0 fully saturated rings. The van der Waals surface area contributed by atoms with E-state index in [1.54, 1.807) is 0 Å². The number of benzene rings is 1. The van der Waals surface area contributed by atoms with E-state index in [1.165, 1.54) is 11.1 Å². The molecule has 0 radical (unpaired) electrons. The minimum absolute atomic E-state index is 0.647. The molecule has 1 aromatic rings. The molecular formula is C8H7Cl2N. The number of rotatable bonds is 0. The predicted octanol–water partition coefficient (Wildman–Crippen LogP) is 2.60. The van der Waals surface area contributed by atoms with Gasteiger partial charge in [-0.1, -0.05) is 23.2 Å². The van der Waals surface area contributed by atoms with Gasteiger partial charge in [-0.2, -0.15) is 0 Å². The van der Waals surface area contributed by atoms with Gasteiger partial charge >= 0.3 is 0 Å². The molecule has 1 N–H and O–H groups in total. The van der Waals surface area contributed by atoms with Crippen molar-refractivity contribution in [2.75, 3.05) is 0 Å². The molecule has 1 heterocycles. The molecule has 3 heteroatoms. The normalized spacial score (nSPS) is 15.1. The Morgan fingerprint density at radius 1 is 1.00 bits per heavy atom. The molecule has 1 aromatic carbocycles. The second-order valence-electron chi connectivity index (χ2n) is 2.64. The zero-order valence-electron chi connectivity index (χ0n) is 5.82. The van der Waals surface area contributed by atoms with Crippen LogP contribution in [-0.2, 0) is 13.1 Å². The third kappa shape index (κ3) is 1.24. The largest absolute Gasteiger partial charge is 0.309 e. The quantitative estimate of drug-likeness (QED) is 0.659. The second kappa shape index (κ2) is 2.67. The Morgan fingerprint density at radius 3 is 1.91 bits per heavy atom. The number of fused-ring (bicyclic) bond motifs is 1. The van der Waals surface area contributed by atoms with Crippen molar-refractivity contribution in [2.45, 2.75) is 13.1 Å². The van der Waals surface area contributed by atoms with E-state index in [-0.39, 0.29) is 0 Å². The van der Waals surface area contributed by atoms with Crippen molar-refractivity contribution in [3.05, 3.63) is 33.3 Å². The third-order valence-corrected chi connectivity index (χ3v) is 2.60. The summed E-state index contributed by atoms with van der Waals surface area (Å²) in [6.45, 7) is 1.82. The Morgan fingerprint density at radius 2 is 1.45 bits per heavy atom. The number of hydrogen-bond donors (Lipinski definition) is 1. The average molecular weight is 188 g/mol. The number of hydrogen-bond acceptors (Lipinski definition) is 1. The molecule has 0 atom stereocenters. The molecular weight excluding hydrogens is 181 g/mol. The van der Waals surface area contributed by atoms with E-state index in [2.05, 4.69) is 5.32 Å². The van der Waals surface area contributed by atoms with Gasteiger partial charge in [0.05, 0.1) is 10.0 Å². The highest BCUT2D eigenvalue weighted by Gasteiger charge is 2.11. The maximum absolute atomic E-state index is 5.83. The van der Waals surface area contributed by atoms with Gasteiger partial charge in [0.15, 0.2) is 0 Å². The van der Waals surface area contributed by atoms with Gasteiger partial charge in [0, 0.05) is 13.1 Å². The minimum atomic E-state index is 0.647. The molecule has 1 aliphatic rings. The van der Waals surface area contributed by atoms with Crippen LogP contribution in [0.5, 0.6) is 0 Å². The second-order valence-corrected chi connectivity index (χ2v) is 3.45. The number of nitrogens with one attached hydrogen (secondary N) is 1. The highest BCUT2D eigenvalue weighted by atomic mass is 35.5. The smallest absolute Gasteiger partial charge is 0.0595 e. The van der Waals surface area contributed by atoms with Gasteiger partial charge < -0.3 is 5.32 Å². The Kier molecular flexibility index (Phi) is 1.80. The van der Waals surface area contributed by atoms with E-state index in [0.29, 0.717) is 10.0 Å². The Hall–Kier alpha value is -0.240. The van der Waals surface area contributed by atoms with E-state index >= 15 is 0 Å². The molecule has 0 amide bonds. The maximum Gasteiger partial charge on any atom is 0.0595 e. The van der Waals surface area contributed by atoms with Crippen molar-refractivity contribution in [1.82, 2.24) is 5.32 Å². The summed E-state index contributed by atoms with van der Waals surface area (Å²) in [5, 5.41) is 4.52. The standard InChI is InChI=1S/C8H7Cl2N/c9-7-1-5-3-11-4-6(5)2-8(7)10/h1-2,11H,3-4H2. The van der Waals surface area contributed by atoms with Crippen LogP contribution in [0, 0.1) is 0 Å². The first-order chi connectivity index (χ1) is 5.27. The van der Waals surface area contributed by atoms with E-state index in [9.17, 15) is 0 Å². The summed E-state index contributed by atoms with van der Waals surface area (Å²) < 4.78 is 0. The van der Waals surface area contributed by atoms with Gasteiger partial charge in [-0.3, -0.25) is 0 Å². The van der Waals surface area contributed by atoms with Crippen LogP contribution in [0.4, 0.5) is 0 Å². The minimum Gasteiger partial charge on any atom is -0.309 e. The summed E-state index contributed by atoms with van der Waals surface area (Å²) in [5.74, 6) is 0. The summed E-state index contributed by atoms with van der Waals surface area (Å²) in [4.78, 5) is 0. The van der Waals surface area contributed by atoms with Crippen molar-refractivity contribution < 1.29 is 0 Å². The molecule has 1 nitrogen and oxygen atoms in total. The van der Waals surface area contributed by atoms with Crippen LogP contribution in [-0.4, -0.2) is 0 Å². The molecule has 0 bridgehead atoms. The van der Waals surface area contributed by atoms with Crippen molar-refractivity contribution in [1.29, 1.82) is 0 Å². The van der Waals surface area contributed by atoms with Crippen molar-refractivity contribution in [3.63, 3.8) is 0 Å². The van der Waals surface area contributed by atoms with Crippen LogP contribution in [0.2, 0.25) is 10.0 Å². The molecule has 11 heavy (non-hydrogen) atoms. The van der Waals surface area contributed by atoms with Crippen LogP contribution in [0.25, 0.3) is 0 Å². The average Bonchev–Trinajstić information content (AvgIpc) is 2.36. The van der Waals surface area contributed by atoms with Gasteiger partial charge in [0.25, 0.3) is 0 Å². The fourth-order valence-corrected chi connectivity index (χ4v) is 1.66. The summed E-state index contributed by atoms with van der Waals surface area (Å²) >= 11 is 11.7. The van der Waals surface area contributed by atoms with Crippen molar-refractivity contribution >= 4 is 23.2 Å². The lowest BCUT2D eigenvalue weighted by Gasteiger charge is -1.99. The van der Waals surface area contributed by atoms with Gasteiger partial charge in [-0.05, 0) is 23.3 Å². The van der Waals surface area contributed by atoms with Crippen molar-refractivity contribution in [2.24, 2.45) is 0 Å². The highest BCUT2D eigenvalue weighted by molar-refractivity contribution is 6.42. The van der Waals surface area contributed by atoms with Gasteiger partial charge in [0.2, 0.25) is 0 Å². The zero-order valence-corrected chi connectivity index (χ0v) is 7.34. The predicted molar refractivity (Wildman–Crippen MR) is 47.0 cm³/mol. The fourth-order valence-electron chi connectivity index (χ4n) is 1.29. The van der Waals surface area contributed by atoms with E-state index in [1.807, 2.05) is 12.1 Å². The molecule has 0 spiro atoms. The fraction of sp³-hybridized carbons (Fsp3) is 0.250. The first-order valence-electron chi connectivity index (χ1n) is 3.45. The van der Waals surface area contributed by atoms with Crippen LogP contribution in [0.15, 0.2) is 12.1 Å². The molecule has 0 saturated carbocycles. The van der Waals surface area contributed by atoms with E-state index < -0.39 is 0 Å². The molecule has 0 unspecified atom stereocenters. The summed E-state index contributed by atoms with van der Waals surface area (Å²) in [5.41, 5.74) is 2.53. The molecule has 58 valence electrons. The van der Waals surface area contributed by atoms with Crippen LogP contribution in [0.1, 0.15) is 11.1 Å². The van der Waals surface area contributed by atoms with Crippen LogP contribution < -0.4 is 5.32 Å². The third-order valence-electron chi connectivity index (χ3n) is 1.87. The van der Waals surface area contributed by atoms with E-state index in [0.717, 1.165) is 13.1 Å². The highest BCUT2D eigenvalue weighted by Crippen LogP contribution is 2.27. The zero-order chi connectivity index (χ0) is 7.84. The number of halogens is 2. The maximum atomic E-state index is 5.83. The lowest BCUT2D eigenvalue weighted by molar-refractivity contribution is 0.765. The molecule has 1 aliphatic heterocycles. The lowest BCUT2D eigenvalue weighted by Crippen LogP contribution is -1.99. The van der Waals surface area contributed by atoms with Crippen molar-refractivity contribution in [3.8, 4) is 0 Å². The van der Waals surface area contributed by atoms with Crippen LogP contribution in [0.3, 0.4) is 0 Å². The molecule has 0 aromatic heterocycles. The van der Waals surface area contributed by atoms with Crippen LogP contribution >= 0.6 is 23.2 Å². The Bertz CT molecular complexity index is 267. The van der Waals surface area contributed by atoms with E-state index in [4.69, 9.17) is 23.2 Å². The Balaban J connectivity index is 2.57. The summed E-state index contributed by atoms with van der Waals surface area (Å²) in [6.07, 6.45) is 0. The summed E-state index contributed by atoms with van der Waals surface area (Å²) in [7, 11) is 0. The topological polar surface area (TPSA) is 12.0 Å². The first kappa shape index (κ1) is 7.41. The van der Waals surface area contributed by atoms with Gasteiger partial charge in [-0.15, -0.1) is 0 Å². The molecule has 0 aliphatic carbocycles. The molecule has 0 saturated heterocycles. The Labute approximate surface area is 75.3 Å². The van der Waals surface area contributed by atoms with Gasteiger partial charge in [-0.25, -0.2) is 0 Å². The first-order valence-corrected chi connectivity index (χ1v) is 4.20. The SMILES string of the molecule is Clc1cc2c(cc1Cl)CNC2. The lowest BCUT2D eigenvalue weighted by atomic mass is 10.1. The summed E-state index contributed by atoms with van der Waals surface area (Å²) in [6, 6.07) is 3.86. The van der Waals surface area contributed by atoms with Gasteiger partial charge in [0.1, 0.15) is 0 Å². The monoisotopic (exact) mass is 187 g/mol. The molecule has 2 rings (SSSR count).